The number of aryl methyl sites for hydroxylation is 1. The average molecular weight is 434 g/mol. The molecule has 1 aliphatic rings. The third-order valence-electron chi connectivity index (χ3n) is 5.12. The fraction of sp³-hybridized carbons (Fsp3) is 0.391. The maximum absolute atomic E-state index is 12.6. The summed E-state index contributed by atoms with van der Waals surface area (Å²) >= 11 is 0. The van der Waals surface area contributed by atoms with Gasteiger partial charge < -0.3 is 14.5 Å². The van der Waals surface area contributed by atoms with E-state index in [0.717, 1.165) is 12.8 Å². The smallest absolute Gasteiger partial charge is 0.422 e. The molecule has 8 heteroatoms. The second-order valence-electron chi connectivity index (χ2n) is 7.44. The molecule has 0 saturated carbocycles. The van der Waals surface area contributed by atoms with Crippen molar-refractivity contribution in [2.75, 3.05) is 32.8 Å². The maximum atomic E-state index is 12.6. The molecule has 1 saturated heterocycles. The SMILES string of the molecule is O=C(CCCc1ccccc1)N1CCN(C(=O)c2ccc(OCC(F)(F)F)cc2)CC1. The highest BCUT2D eigenvalue weighted by atomic mass is 19.4. The van der Waals surface area contributed by atoms with Gasteiger partial charge in [-0.05, 0) is 42.7 Å². The molecule has 0 aromatic heterocycles. The van der Waals surface area contributed by atoms with E-state index in [1.54, 1.807) is 9.80 Å². The first-order chi connectivity index (χ1) is 14.8. The molecule has 3 rings (SSSR count). The van der Waals surface area contributed by atoms with Crippen LogP contribution in [0.2, 0.25) is 0 Å². The summed E-state index contributed by atoms with van der Waals surface area (Å²) in [4.78, 5) is 28.5. The number of piperazine rings is 1. The predicted molar refractivity (Wildman–Crippen MR) is 110 cm³/mol. The fourth-order valence-corrected chi connectivity index (χ4v) is 3.45. The van der Waals surface area contributed by atoms with Crippen LogP contribution in [-0.4, -0.2) is 60.6 Å². The van der Waals surface area contributed by atoms with E-state index in [2.05, 4.69) is 4.74 Å². The Hall–Kier alpha value is -3.03. The van der Waals surface area contributed by atoms with Gasteiger partial charge in [0, 0.05) is 38.2 Å². The lowest BCUT2D eigenvalue weighted by Crippen LogP contribution is -2.50. The summed E-state index contributed by atoms with van der Waals surface area (Å²) in [7, 11) is 0. The van der Waals surface area contributed by atoms with Crippen molar-refractivity contribution in [3.8, 4) is 5.75 Å². The Bertz CT molecular complexity index is 862. The molecule has 1 heterocycles. The average Bonchev–Trinajstić information content (AvgIpc) is 2.78. The summed E-state index contributed by atoms with van der Waals surface area (Å²) in [6, 6.07) is 15.6. The van der Waals surface area contributed by atoms with E-state index < -0.39 is 12.8 Å². The van der Waals surface area contributed by atoms with Gasteiger partial charge in [-0.25, -0.2) is 0 Å². The van der Waals surface area contributed by atoms with Crippen molar-refractivity contribution in [3.63, 3.8) is 0 Å². The standard InChI is InChI=1S/C23H25F3N2O3/c24-23(25,26)17-31-20-11-9-19(10-12-20)22(30)28-15-13-27(14-16-28)21(29)8-4-7-18-5-2-1-3-6-18/h1-3,5-6,9-12H,4,7-8,13-17H2. The third-order valence-corrected chi connectivity index (χ3v) is 5.12. The molecule has 2 amide bonds. The molecule has 0 bridgehead atoms. The van der Waals surface area contributed by atoms with Crippen molar-refractivity contribution < 1.29 is 27.5 Å². The number of carbonyl (C=O) groups excluding carboxylic acids is 2. The Morgan fingerprint density at radius 2 is 1.48 bits per heavy atom. The molecule has 31 heavy (non-hydrogen) atoms. The van der Waals surface area contributed by atoms with Crippen molar-refractivity contribution in [2.45, 2.75) is 25.4 Å². The fourth-order valence-electron chi connectivity index (χ4n) is 3.45. The monoisotopic (exact) mass is 434 g/mol. The number of carbonyl (C=O) groups is 2. The van der Waals surface area contributed by atoms with Crippen LogP contribution in [0.1, 0.15) is 28.8 Å². The van der Waals surface area contributed by atoms with Crippen LogP contribution in [0.5, 0.6) is 5.75 Å². The van der Waals surface area contributed by atoms with Gasteiger partial charge >= 0.3 is 6.18 Å². The summed E-state index contributed by atoms with van der Waals surface area (Å²) in [5, 5.41) is 0. The summed E-state index contributed by atoms with van der Waals surface area (Å²) in [6.45, 7) is 0.429. The lowest BCUT2D eigenvalue weighted by molar-refractivity contribution is -0.153. The highest BCUT2D eigenvalue weighted by Crippen LogP contribution is 2.20. The van der Waals surface area contributed by atoms with Crippen molar-refractivity contribution in [1.29, 1.82) is 0 Å². The zero-order chi connectivity index (χ0) is 22.3. The van der Waals surface area contributed by atoms with Crippen LogP contribution < -0.4 is 4.74 Å². The largest absolute Gasteiger partial charge is 0.484 e. The molecule has 1 aliphatic heterocycles. The second kappa shape index (κ2) is 10.3. The van der Waals surface area contributed by atoms with Gasteiger partial charge in [-0.3, -0.25) is 9.59 Å². The normalized spacial score (nSPS) is 14.4. The molecule has 5 nitrogen and oxygen atoms in total. The first kappa shape index (κ1) is 22.7. The van der Waals surface area contributed by atoms with E-state index in [4.69, 9.17) is 0 Å². The van der Waals surface area contributed by atoms with Crippen molar-refractivity contribution in [3.05, 3.63) is 65.7 Å². The van der Waals surface area contributed by atoms with Crippen molar-refractivity contribution in [2.24, 2.45) is 0 Å². The number of hydrogen-bond donors (Lipinski definition) is 0. The molecule has 166 valence electrons. The van der Waals surface area contributed by atoms with Gasteiger partial charge in [0.25, 0.3) is 5.91 Å². The molecular weight excluding hydrogens is 409 g/mol. The van der Waals surface area contributed by atoms with E-state index >= 15 is 0 Å². The molecule has 2 aromatic carbocycles. The maximum Gasteiger partial charge on any atom is 0.422 e. The van der Waals surface area contributed by atoms with Crippen molar-refractivity contribution in [1.82, 2.24) is 9.80 Å². The molecule has 0 N–H and O–H groups in total. The third kappa shape index (κ3) is 7.01. The molecule has 0 unspecified atom stereocenters. The molecule has 0 aliphatic carbocycles. The van der Waals surface area contributed by atoms with Crippen LogP contribution in [-0.2, 0) is 11.2 Å². The minimum absolute atomic E-state index is 0.0554. The molecule has 0 atom stereocenters. The molecule has 2 aromatic rings. The quantitative estimate of drug-likeness (QED) is 0.664. The summed E-state index contributed by atoms with van der Waals surface area (Å²) in [5.41, 5.74) is 1.59. The number of hydrogen-bond acceptors (Lipinski definition) is 3. The topological polar surface area (TPSA) is 49.9 Å². The number of amides is 2. The van der Waals surface area contributed by atoms with Crippen LogP contribution in [0.25, 0.3) is 0 Å². The van der Waals surface area contributed by atoms with Gasteiger partial charge in [-0.1, -0.05) is 30.3 Å². The lowest BCUT2D eigenvalue weighted by atomic mass is 10.1. The van der Waals surface area contributed by atoms with Gasteiger partial charge in [-0.2, -0.15) is 13.2 Å². The van der Waals surface area contributed by atoms with E-state index in [1.807, 2.05) is 30.3 Å². The molecule has 0 spiro atoms. The zero-order valence-electron chi connectivity index (χ0n) is 17.1. The van der Waals surface area contributed by atoms with E-state index in [-0.39, 0.29) is 17.6 Å². The first-order valence-electron chi connectivity index (χ1n) is 10.2. The summed E-state index contributed by atoms with van der Waals surface area (Å²) in [6.07, 6.45) is -2.30. The zero-order valence-corrected chi connectivity index (χ0v) is 17.1. The van der Waals surface area contributed by atoms with Crippen LogP contribution >= 0.6 is 0 Å². The van der Waals surface area contributed by atoms with Gasteiger partial charge in [-0.15, -0.1) is 0 Å². The second-order valence-corrected chi connectivity index (χ2v) is 7.44. The Morgan fingerprint density at radius 3 is 2.10 bits per heavy atom. The highest BCUT2D eigenvalue weighted by Gasteiger charge is 2.28. The van der Waals surface area contributed by atoms with E-state index in [1.165, 1.54) is 29.8 Å². The minimum atomic E-state index is -4.41. The Morgan fingerprint density at radius 1 is 0.871 bits per heavy atom. The highest BCUT2D eigenvalue weighted by molar-refractivity contribution is 5.94. The van der Waals surface area contributed by atoms with Crippen molar-refractivity contribution >= 4 is 11.8 Å². The molecule has 0 radical (unpaired) electrons. The lowest BCUT2D eigenvalue weighted by Gasteiger charge is -2.35. The van der Waals surface area contributed by atoms with E-state index in [9.17, 15) is 22.8 Å². The summed E-state index contributed by atoms with van der Waals surface area (Å²) in [5.74, 6) is -0.0625. The Labute approximate surface area is 179 Å². The molecule has 1 fully saturated rings. The minimum Gasteiger partial charge on any atom is -0.484 e. The van der Waals surface area contributed by atoms with Crippen LogP contribution in [0.4, 0.5) is 13.2 Å². The van der Waals surface area contributed by atoms with Crippen LogP contribution in [0.15, 0.2) is 54.6 Å². The number of benzene rings is 2. The van der Waals surface area contributed by atoms with Crippen LogP contribution in [0.3, 0.4) is 0 Å². The number of nitrogens with zero attached hydrogens (tertiary/aromatic N) is 2. The number of ether oxygens (including phenoxy) is 1. The van der Waals surface area contributed by atoms with Crippen LogP contribution in [0, 0.1) is 0 Å². The number of halogens is 3. The first-order valence-corrected chi connectivity index (χ1v) is 10.2. The molecular formula is C23H25F3N2O3. The van der Waals surface area contributed by atoms with Gasteiger partial charge in [0.15, 0.2) is 6.61 Å². The van der Waals surface area contributed by atoms with Gasteiger partial charge in [0.2, 0.25) is 5.91 Å². The Kier molecular flexibility index (Phi) is 7.55. The number of alkyl halides is 3. The van der Waals surface area contributed by atoms with Gasteiger partial charge in [0.05, 0.1) is 0 Å². The Balaban J connectivity index is 1.42. The number of rotatable bonds is 7. The predicted octanol–water partition coefficient (Wildman–Crippen LogP) is 3.94. The summed E-state index contributed by atoms with van der Waals surface area (Å²) < 4.78 is 41.3. The van der Waals surface area contributed by atoms with E-state index in [0.29, 0.717) is 38.2 Å². The van der Waals surface area contributed by atoms with Gasteiger partial charge in [0.1, 0.15) is 5.75 Å².